The average molecular weight is 314 g/mol. The number of nitrogens with one attached hydrogen (secondary N) is 1. The molecule has 0 unspecified atom stereocenters. The van der Waals surface area contributed by atoms with Gasteiger partial charge in [-0.05, 0) is 40.5 Å². The van der Waals surface area contributed by atoms with Gasteiger partial charge in [0.05, 0.1) is 0 Å². The largest absolute Gasteiger partial charge is 0.383 e. The predicted molar refractivity (Wildman–Crippen MR) is 73.6 cm³/mol. The smallest absolute Gasteiger partial charge is 0.150 e. The molecule has 3 N–H and O–H groups in total. The number of aromatic nitrogens is 2. The van der Waals surface area contributed by atoms with Gasteiger partial charge in [-0.15, -0.1) is 0 Å². The molecule has 0 aliphatic heterocycles. The van der Waals surface area contributed by atoms with Gasteiger partial charge in [-0.3, -0.25) is 0 Å². The van der Waals surface area contributed by atoms with E-state index in [1.165, 1.54) is 6.33 Å². The van der Waals surface area contributed by atoms with Gasteiger partial charge in [-0.2, -0.15) is 0 Å². The van der Waals surface area contributed by atoms with Gasteiger partial charge in [0.15, 0.2) is 0 Å². The van der Waals surface area contributed by atoms with E-state index in [0.29, 0.717) is 21.1 Å². The van der Waals surface area contributed by atoms with Crippen LogP contribution in [0.15, 0.2) is 29.0 Å². The van der Waals surface area contributed by atoms with Crippen LogP contribution >= 0.6 is 27.5 Å². The van der Waals surface area contributed by atoms with Crippen molar-refractivity contribution in [1.82, 2.24) is 9.97 Å². The summed E-state index contributed by atoms with van der Waals surface area (Å²) in [5, 5.41) is 3.82. The molecule has 2 rings (SSSR count). The van der Waals surface area contributed by atoms with Gasteiger partial charge < -0.3 is 11.1 Å². The second-order valence-corrected chi connectivity index (χ2v) is 4.74. The Bertz CT molecular complexity index is 559. The highest BCUT2D eigenvalue weighted by Crippen LogP contribution is 2.29. The normalized spacial score (nSPS) is 10.3. The number of nitrogen functional groups attached to an aromatic ring is 1. The highest BCUT2D eigenvalue weighted by molar-refractivity contribution is 9.10. The fraction of sp³-hybridized carbons (Fsp3) is 0.0909. The molecule has 1 aromatic carbocycles. The Morgan fingerprint density at radius 1 is 1.35 bits per heavy atom. The SMILES string of the molecule is Cc1ccc(Cl)cc1Nc1ncnc(N)c1Br. The van der Waals surface area contributed by atoms with Crippen LogP contribution in [-0.2, 0) is 0 Å². The van der Waals surface area contributed by atoms with E-state index in [1.54, 1.807) is 0 Å². The van der Waals surface area contributed by atoms with Crippen molar-refractivity contribution < 1.29 is 0 Å². The summed E-state index contributed by atoms with van der Waals surface area (Å²) in [6.07, 6.45) is 1.41. The third kappa shape index (κ3) is 2.68. The van der Waals surface area contributed by atoms with E-state index in [2.05, 4.69) is 31.2 Å². The summed E-state index contributed by atoms with van der Waals surface area (Å²) >= 11 is 9.28. The highest BCUT2D eigenvalue weighted by Gasteiger charge is 2.07. The van der Waals surface area contributed by atoms with Crippen molar-refractivity contribution in [1.29, 1.82) is 0 Å². The summed E-state index contributed by atoms with van der Waals surface area (Å²) in [7, 11) is 0. The van der Waals surface area contributed by atoms with Gasteiger partial charge in [-0.25, -0.2) is 9.97 Å². The van der Waals surface area contributed by atoms with E-state index in [0.717, 1.165) is 11.3 Å². The summed E-state index contributed by atoms with van der Waals surface area (Å²) in [6.45, 7) is 1.98. The molecular formula is C11H10BrClN4. The number of hydrogen-bond acceptors (Lipinski definition) is 4. The third-order valence-electron chi connectivity index (χ3n) is 2.27. The van der Waals surface area contributed by atoms with Crippen LogP contribution < -0.4 is 11.1 Å². The van der Waals surface area contributed by atoms with E-state index >= 15 is 0 Å². The highest BCUT2D eigenvalue weighted by atomic mass is 79.9. The molecule has 88 valence electrons. The minimum atomic E-state index is 0.391. The van der Waals surface area contributed by atoms with Gasteiger partial charge >= 0.3 is 0 Å². The van der Waals surface area contributed by atoms with Gasteiger partial charge in [0, 0.05) is 10.7 Å². The standard InChI is InChI=1S/C11H10BrClN4/c1-6-2-3-7(13)4-8(6)17-11-9(12)10(14)15-5-16-11/h2-5H,1H3,(H3,14,15,16,17). The summed E-state index contributed by atoms with van der Waals surface area (Å²) in [5.41, 5.74) is 7.63. The van der Waals surface area contributed by atoms with Gasteiger partial charge in [0.25, 0.3) is 0 Å². The Kier molecular flexibility index (Phi) is 3.49. The molecule has 17 heavy (non-hydrogen) atoms. The monoisotopic (exact) mass is 312 g/mol. The Hall–Kier alpha value is -1.33. The Morgan fingerprint density at radius 3 is 2.88 bits per heavy atom. The fourth-order valence-electron chi connectivity index (χ4n) is 1.33. The molecule has 1 heterocycles. The van der Waals surface area contributed by atoms with Crippen LogP contribution in [0.3, 0.4) is 0 Å². The van der Waals surface area contributed by atoms with Crippen LogP contribution in [0.25, 0.3) is 0 Å². The first kappa shape index (κ1) is 12.1. The first-order valence-electron chi connectivity index (χ1n) is 4.87. The molecule has 2 aromatic rings. The number of nitrogens with zero attached hydrogens (tertiary/aromatic N) is 2. The fourth-order valence-corrected chi connectivity index (χ4v) is 1.80. The third-order valence-corrected chi connectivity index (χ3v) is 3.29. The molecule has 4 nitrogen and oxygen atoms in total. The minimum Gasteiger partial charge on any atom is -0.383 e. The van der Waals surface area contributed by atoms with Crippen molar-refractivity contribution in [3.8, 4) is 0 Å². The van der Waals surface area contributed by atoms with Crippen LogP contribution in [0.5, 0.6) is 0 Å². The number of hydrogen-bond donors (Lipinski definition) is 2. The maximum Gasteiger partial charge on any atom is 0.150 e. The van der Waals surface area contributed by atoms with E-state index in [-0.39, 0.29) is 0 Å². The molecular weight excluding hydrogens is 304 g/mol. The van der Waals surface area contributed by atoms with Crippen molar-refractivity contribution in [3.05, 3.63) is 39.6 Å². The summed E-state index contributed by atoms with van der Waals surface area (Å²) in [4.78, 5) is 7.99. The zero-order chi connectivity index (χ0) is 12.4. The molecule has 0 radical (unpaired) electrons. The molecule has 0 saturated carbocycles. The topological polar surface area (TPSA) is 63.8 Å². The number of nitrogens with two attached hydrogens (primary N) is 1. The summed E-state index contributed by atoms with van der Waals surface area (Å²) in [5.74, 6) is 1.00. The maximum absolute atomic E-state index is 5.94. The van der Waals surface area contributed by atoms with Crippen LogP contribution in [0.4, 0.5) is 17.3 Å². The summed E-state index contributed by atoms with van der Waals surface area (Å²) < 4.78 is 0.638. The van der Waals surface area contributed by atoms with Crippen LogP contribution in [0, 0.1) is 6.92 Å². The number of benzene rings is 1. The first-order valence-corrected chi connectivity index (χ1v) is 6.04. The minimum absolute atomic E-state index is 0.391. The summed E-state index contributed by atoms with van der Waals surface area (Å²) in [6, 6.07) is 5.61. The number of anilines is 3. The second kappa shape index (κ2) is 4.89. The van der Waals surface area contributed by atoms with E-state index in [9.17, 15) is 0 Å². The van der Waals surface area contributed by atoms with Crippen molar-refractivity contribution in [3.63, 3.8) is 0 Å². The maximum atomic E-state index is 5.94. The molecule has 0 saturated heterocycles. The predicted octanol–water partition coefficient (Wildman–Crippen LogP) is 3.53. The molecule has 0 fully saturated rings. The first-order chi connectivity index (χ1) is 8.08. The van der Waals surface area contributed by atoms with Crippen molar-refractivity contribution >= 4 is 44.9 Å². The van der Waals surface area contributed by atoms with Crippen LogP contribution in [0.1, 0.15) is 5.56 Å². The van der Waals surface area contributed by atoms with Crippen molar-refractivity contribution in [2.75, 3.05) is 11.1 Å². The lowest BCUT2D eigenvalue weighted by Gasteiger charge is -2.11. The van der Waals surface area contributed by atoms with Gasteiger partial charge in [0.2, 0.25) is 0 Å². The quantitative estimate of drug-likeness (QED) is 0.890. The molecule has 1 aromatic heterocycles. The lowest BCUT2D eigenvalue weighted by Crippen LogP contribution is -2.00. The molecule has 0 aliphatic rings. The lowest BCUT2D eigenvalue weighted by atomic mass is 10.2. The zero-order valence-electron chi connectivity index (χ0n) is 9.04. The van der Waals surface area contributed by atoms with Gasteiger partial charge in [0.1, 0.15) is 22.4 Å². The second-order valence-electron chi connectivity index (χ2n) is 3.51. The van der Waals surface area contributed by atoms with Crippen LogP contribution in [0.2, 0.25) is 5.02 Å². The number of rotatable bonds is 2. The molecule has 0 aliphatic carbocycles. The average Bonchev–Trinajstić information content (AvgIpc) is 2.30. The Labute approximate surface area is 112 Å². The number of aryl methyl sites for hydroxylation is 1. The molecule has 6 heteroatoms. The Balaban J connectivity index is 2.38. The van der Waals surface area contributed by atoms with E-state index in [4.69, 9.17) is 17.3 Å². The molecule has 0 bridgehead atoms. The molecule has 0 amide bonds. The zero-order valence-corrected chi connectivity index (χ0v) is 11.4. The van der Waals surface area contributed by atoms with Crippen molar-refractivity contribution in [2.45, 2.75) is 6.92 Å². The van der Waals surface area contributed by atoms with Crippen molar-refractivity contribution in [2.24, 2.45) is 0 Å². The van der Waals surface area contributed by atoms with E-state index in [1.807, 2.05) is 25.1 Å². The Morgan fingerprint density at radius 2 is 2.12 bits per heavy atom. The lowest BCUT2D eigenvalue weighted by molar-refractivity contribution is 1.16. The van der Waals surface area contributed by atoms with Gasteiger partial charge in [-0.1, -0.05) is 17.7 Å². The molecule has 0 spiro atoms. The van der Waals surface area contributed by atoms with Crippen LogP contribution in [-0.4, -0.2) is 9.97 Å². The van der Waals surface area contributed by atoms with E-state index < -0.39 is 0 Å². The molecule has 0 atom stereocenters. The number of halogens is 2.